The summed E-state index contributed by atoms with van der Waals surface area (Å²) >= 11 is 0. The minimum Gasteiger partial charge on any atom is -0.481 e. The van der Waals surface area contributed by atoms with Gasteiger partial charge < -0.3 is 24.8 Å². The van der Waals surface area contributed by atoms with E-state index in [1.54, 1.807) is 20.4 Å². The summed E-state index contributed by atoms with van der Waals surface area (Å²) < 4.78 is 16.3. The highest BCUT2D eigenvalue weighted by Crippen LogP contribution is 2.14. The third-order valence-electron chi connectivity index (χ3n) is 4.14. The number of rotatable bonds is 9. The second-order valence-electron chi connectivity index (χ2n) is 6.04. The Morgan fingerprint density at radius 2 is 2.15 bits per heavy atom. The lowest BCUT2D eigenvalue weighted by Crippen LogP contribution is -2.37. The second-order valence-corrected chi connectivity index (χ2v) is 6.04. The number of pyridine rings is 1. The average molecular weight is 478 g/mol. The summed E-state index contributed by atoms with van der Waals surface area (Å²) in [5.74, 6) is 2.05. The SMILES string of the molecule is CN=C(NCCCOCC1CCOCC1)NCc1ccnc(OC)c1.I. The van der Waals surface area contributed by atoms with Crippen molar-refractivity contribution in [2.45, 2.75) is 25.8 Å². The van der Waals surface area contributed by atoms with Gasteiger partial charge in [0.1, 0.15) is 0 Å². The fraction of sp³-hybridized carbons (Fsp3) is 0.667. The Hall–Kier alpha value is -1.13. The van der Waals surface area contributed by atoms with E-state index in [0.717, 1.165) is 63.8 Å². The molecule has 1 aromatic rings. The minimum atomic E-state index is 0. The molecule has 0 spiro atoms. The number of aliphatic imine (C=N–C) groups is 1. The van der Waals surface area contributed by atoms with Gasteiger partial charge in [-0.1, -0.05) is 0 Å². The van der Waals surface area contributed by atoms with Gasteiger partial charge in [0, 0.05) is 58.8 Å². The largest absolute Gasteiger partial charge is 0.481 e. The van der Waals surface area contributed by atoms with Crippen molar-refractivity contribution >= 4 is 29.9 Å². The molecule has 0 saturated carbocycles. The Morgan fingerprint density at radius 3 is 2.88 bits per heavy atom. The van der Waals surface area contributed by atoms with Crippen LogP contribution in [-0.2, 0) is 16.0 Å². The van der Waals surface area contributed by atoms with Crippen molar-refractivity contribution in [1.82, 2.24) is 15.6 Å². The van der Waals surface area contributed by atoms with E-state index in [4.69, 9.17) is 14.2 Å². The van der Waals surface area contributed by atoms with E-state index in [9.17, 15) is 0 Å². The lowest BCUT2D eigenvalue weighted by Gasteiger charge is -2.21. The summed E-state index contributed by atoms with van der Waals surface area (Å²) in [7, 11) is 3.38. The first-order chi connectivity index (χ1) is 12.3. The number of guanidine groups is 1. The monoisotopic (exact) mass is 478 g/mol. The average Bonchev–Trinajstić information content (AvgIpc) is 2.67. The zero-order valence-electron chi connectivity index (χ0n) is 15.7. The summed E-state index contributed by atoms with van der Waals surface area (Å²) in [6, 6.07) is 3.86. The number of hydrogen-bond acceptors (Lipinski definition) is 5. The second kappa shape index (κ2) is 14.0. The Kier molecular flexibility index (Phi) is 12.3. The van der Waals surface area contributed by atoms with Gasteiger partial charge in [-0.15, -0.1) is 24.0 Å². The molecule has 2 rings (SSSR count). The molecule has 7 nitrogen and oxygen atoms in total. The number of halogens is 1. The van der Waals surface area contributed by atoms with E-state index < -0.39 is 0 Å². The van der Waals surface area contributed by atoms with Crippen LogP contribution in [0.2, 0.25) is 0 Å². The molecule has 0 radical (unpaired) electrons. The van der Waals surface area contributed by atoms with Gasteiger partial charge in [0.2, 0.25) is 5.88 Å². The summed E-state index contributed by atoms with van der Waals surface area (Å²) in [5.41, 5.74) is 1.09. The molecule has 8 heteroatoms. The molecule has 26 heavy (non-hydrogen) atoms. The van der Waals surface area contributed by atoms with Gasteiger partial charge in [-0.25, -0.2) is 4.98 Å². The van der Waals surface area contributed by atoms with Crippen molar-refractivity contribution in [3.8, 4) is 5.88 Å². The van der Waals surface area contributed by atoms with Gasteiger partial charge in [0.25, 0.3) is 0 Å². The van der Waals surface area contributed by atoms with E-state index in [1.165, 1.54) is 0 Å². The molecule has 0 aromatic carbocycles. The summed E-state index contributed by atoms with van der Waals surface area (Å²) in [6.07, 6.45) is 4.93. The van der Waals surface area contributed by atoms with Gasteiger partial charge >= 0.3 is 0 Å². The molecule has 1 fully saturated rings. The third-order valence-corrected chi connectivity index (χ3v) is 4.14. The van der Waals surface area contributed by atoms with E-state index in [2.05, 4.69) is 20.6 Å². The Labute approximate surface area is 173 Å². The van der Waals surface area contributed by atoms with Crippen LogP contribution < -0.4 is 15.4 Å². The summed E-state index contributed by atoms with van der Waals surface area (Å²) in [6.45, 7) is 4.86. The van der Waals surface area contributed by atoms with Crippen molar-refractivity contribution in [3.05, 3.63) is 23.9 Å². The number of methoxy groups -OCH3 is 1. The van der Waals surface area contributed by atoms with E-state index in [1.807, 2.05) is 12.1 Å². The highest BCUT2D eigenvalue weighted by molar-refractivity contribution is 14.0. The lowest BCUT2D eigenvalue weighted by molar-refractivity contribution is 0.0203. The third kappa shape index (κ3) is 9.00. The van der Waals surface area contributed by atoms with E-state index >= 15 is 0 Å². The first-order valence-electron chi connectivity index (χ1n) is 8.90. The molecule has 2 heterocycles. The van der Waals surface area contributed by atoms with E-state index in [-0.39, 0.29) is 24.0 Å². The van der Waals surface area contributed by atoms with Crippen LogP contribution in [-0.4, -0.2) is 58.1 Å². The van der Waals surface area contributed by atoms with Gasteiger partial charge in [-0.05, 0) is 36.8 Å². The van der Waals surface area contributed by atoms with Gasteiger partial charge in [0.15, 0.2) is 5.96 Å². The smallest absolute Gasteiger partial charge is 0.213 e. The van der Waals surface area contributed by atoms with Crippen molar-refractivity contribution in [2.24, 2.45) is 10.9 Å². The molecule has 148 valence electrons. The fourth-order valence-corrected chi connectivity index (χ4v) is 2.62. The summed E-state index contributed by atoms with van der Waals surface area (Å²) in [5, 5.41) is 6.58. The lowest BCUT2D eigenvalue weighted by atomic mass is 10.0. The van der Waals surface area contributed by atoms with Crippen molar-refractivity contribution in [2.75, 3.05) is 47.1 Å². The molecule has 1 saturated heterocycles. The van der Waals surface area contributed by atoms with Crippen LogP contribution >= 0.6 is 24.0 Å². The van der Waals surface area contributed by atoms with E-state index in [0.29, 0.717) is 18.3 Å². The molecule has 0 bridgehead atoms. The molecule has 0 unspecified atom stereocenters. The zero-order chi connectivity index (χ0) is 17.7. The van der Waals surface area contributed by atoms with Crippen LogP contribution in [0.25, 0.3) is 0 Å². The van der Waals surface area contributed by atoms with Crippen LogP contribution in [0.5, 0.6) is 5.88 Å². The predicted molar refractivity (Wildman–Crippen MR) is 113 cm³/mol. The maximum Gasteiger partial charge on any atom is 0.213 e. The Balaban J connectivity index is 0.00000338. The molecule has 1 aliphatic heterocycles. The topological polar surface area (TPSA) is 77.0 Å². The van der Waals surface area contributed by atoms with Crippen LogP contribution in [0.1, 0.15) is 24.8 Å². The first-order valence-corrected chi connectivity index (χ1v) is 8.90. The quantitative estimate of drug-likeness (QED) is 0.245. The molecule has 1 aromatic heterocycles. The molecule has 2 N–H and O–H groups in total. The van der Waals surface area contributed by atoms with Gasteiger partial charge in [-0.3, -0.25) is 4.99 Å². The number of aromatic nitrogens is 1. The maximum atomic E-state index is 5.77. The minimum absolute atomic E-state index is 0. The van der Waals surface area contributed by atoms with Crippen LogP contribution in [0.4, 0.5) is 0 Å². The molecular weight excluding hydrogens is 447 g/mol. The van der Waals surface area contributed by atoms with Gasteiger partial charge in [0.05, 0.1) is 7.11 Å². The highest BCUT2D eigenvalue weighted by Gasteiger charge is 2.13. The van der Waals surface area contributed by atoms with Crippen LogP contribution in [0.15, 0.2) is 23.3 Å². The predicted octanol–water partition coefficient (Wildman–Crippen LogP) is 2.21. The van der Waals surface area contributed by atoms with Crippen molar-refractivity contribution in [3.63, 3.8) is 0 Å². The number of nitrogens with zero attached hydrogens (tertiary/aromatic N) is 2. The zero-order valence-corrected chi connectivity index (χ0v) is 18.0. The number of nitrogens with one attached hydrogen (secondary N) is 2. The molecule has 0 amide bonds. The Morgan fingerprint density at radius 1 is 1.35 bits per heavy atom. The van der Waals surface area contributed by atoms with Gasteiger partial charge in [-0.2, -0.15) is 0 Å². The highest BCUT2D eigenvalue weighted by atomic mass is 127. The standard InChI is InChI=1S/C18H30N4O3.HI/c1-19-18(22-13-16-4-8-20-17(12-16)23-2)21-7-3-9-25-14-15-5-10-24-11-6-15;/h4,8,12,15H,3,5-7,9-11,13-14H2,1-2H3,(H2,19,21,22);1H. The molecular formula is C18H31IN4O3. The Bertz CT molecular complexity index is 525. The molecule has 0 aliphatic carbocycles. The molecule has 1 aliphatic rings. The number of ether oxygens (including phenoxy) is 3. The first kappa shape index (κ1) is 22.9. The van der Waals surface area contributed by atoms with Crippen LogP contribution in [0.3, 0.4) is 0 Å². The fourth-order valence-electron chi connectivity index (χ4n) is 2.62. The molecule has 0 atom stereocenters. The van der Waals surface area contributed by atoms with Crippen molar-refractivity contribution in [1.29, 1.82) is 0 Å². The van der Waals surface area contributed by atoms with Crippen LogP contribution in [0, 0.1) is 5.92 Å². The maximum absolute atomic E-state index is 5.77. The summed E-state index contributed by atoms with van der Waals surface area (Å²) in [4.78, 5) is 8.33. The number of hydrogen-bond donors (Lipinski definition) is 2. The normalized spacial score (nSPS) is 15.2. The van der Waals surface area contributed by atoms with Crippen molar-refractivity contribution < 1.29 is 14.2 Å².